The lowest BCUT2D eigenvalue weighted by Gasteiger charge is -2.46. The lowest BCUT2D eigenvalue weighted by molar-refractivity contribution is -0.150. The van der Waals surface area contributed by atoms with Crippen LogP contribution in [0.15, 0.2) is 42.5 Å². The summed E-state index contributed by atoms with van der Waals surface area (Å²) >= 11 is 0. The third kappa shape index (κ3) is 3.57. The molecule has 0 radical (unpaired) electrons. The summed E-state index contributed by atoms with van der Waals surface area (Å²) in [6.07, 6.45) is -4.41. The number of nitrogens with zero attached hydrogens (tertiary/aromatic N) is 1. The fourth-order valence-electron chi connectivity index (χ4n) is 3.18. The third-order valence-electron chi connectivity index (χ3n) is 4.62. The number of hydrogen-bond acceptors (Lipinski definition) is 4. The summed E-state index contributed by atoms with van der Waals surface area (Å²) < 4.78 is 48.7. The van der Waals surface area contributed by atoms with Gasteiger partial charge in [-0.1, -0.05) is 18.2 Å². The van der Waals surface area contributed by atoms with E-state index in [4.69, 9.17) is 15.2 Å². The lowest BCUT2D eigenvalue weighted by atomic mass is 9.88. The summed E-state index contributed by atoms with van der Waals surface area (Å²) in [6, 6.07) is 8.74. The highest BCUT2D eigenvalue weighted by atomic mass is 19.4. The first-order valence-corrected chi connectivity index (χ1v) is 8.20. The number of nitrogens with two attached hydrogens (primary N) is 1. The standard InChI is InChI=1S/C19H19F3N2O3/c1-26-14-8-3-11(9-15(14)27-2)10-24-17(16(23)18(24)25)12-4-6-13(7-5-12)19(20,21)22/h3-9,16-17H,10,23H2,1-2H3. The monoisotopic (exact) mass is 380 g/mol. The van der Waals surface area contributed by atoms with Gasteiger partial charge in [-0.05, 0) is 35.4 Å². The van der Waals surface area contributed by atoms with E-state index in [-0.39, 0.29) is 12.5 Å². The van der Waals surface area contributed by atoms with Gasteiger partial charge < -0.3 is 20.1 Å². The summed E-state index contributed by atoms with van der Waals surface area (Å²) in [5, 5.41) is 0. The molecule has 0 saturated carbocycles. The number of β-lactam (4-membered cyclic amide) rings is 1. The van der Waals surface area contributed by atoms with E-state index in [0.29, 0.717) is 17.1 Å². The van der Waals surface area contributed by atoms with Gasteiger partial charge in [-0.15, -0.1) is 0 Å². The minimum atomic E-state index is -4.41. The maximum atomic E-state index is 12.7. The molecule has 0 aromatic heterocycles. The van der Waals surface area contributed by atoms with Crippen molar-refractivity contribution in [1.29, 1.82) is 0 Å². The molecular formula is C19H19F3N2O3. The zero-order valence-corrected chi connectivity index (χ0v) is 14.8. The predicted octanol–water partition coefficient (Wildman–Crippen LogP) is 3.13. The van der Waals surface area contributed by atoms with E-state index in [1.807, 2.05) is 0 Å². The number of halogens is 3. The van der Waals surface area contributed by atoms with Crippen molar-refractivity contribution in [1.82, 2.24) is 4.90 Å². The van der Waals surface area contributed by atoms with E-state index in [1.165, 1.54) is 31.3 Å². The van der Waals surface area contributed by atoms with Gasteiger partial charge >= 0.3 is 6.18 Å². The molecule has 27 heavy (non-hydrogen) atoms. The summed E-state index contributed by atoms with van der Waals surface area (Å²) in [4.78, 5) is 13.8. The van der Waals surface area contributed by atoms with Crippen LogP contribution in [0.5, 0.6) is 11.5 Å². The van der Waals surface area contributed by atoms with Crippen molar-refractivity contribution in [2.75, 3.05) is 14.2 Å². The quantitative estimate of drug-likeness (QED) is 0.810. The number of benzene rings is 2. The van der Waals surface area contributed by atoms with Crippen LogP contribution in [-0.4, -0.2) is 31.1 Å². The Bertz CT molecular complexity index is 837. The molecule has 1 amide bonds. The largest absolute Gasteiger partial charge is 0.493 e. The van der Waals surface area contributed by atoms with Crippen molar-refractivity contribution < 1.29 is 27.4 Å². The van der Waals surface area contributed by atoms with Gasteiger partial charge in [0.1, 0.15) is 6.04 Å². The maximum absolute atomic E-state index is 12.7. The number of ether oxygens (including phenoxy) is 2. The molecular weight excluding hydrogens is 361 g/mol. The Labute approximate surface area is 154 Å². The van der Waals surface area contributed by atoms with Crippen LogP contribution in [-0.2, 0) is 17.5 Å². The van der Waals surface area contributed by atoms with E-state index in [0.717, 1.165) is 17.7 Å². The van der Waals surface area contributed by atoms with Gasteiger partial charge in [0, 0.05) is 6.54 Å². The number of methoxy groups -OCH3 is 2. The molecule has 0 bridgehead atoms. The number of hydrogen-bond donors (Lipinski definition) is 1. The van der Waals surface area contributed by atoms with Crippen molar-refractivity contribution in [3.8, 4) is 11.5 Å². The molecule has 1 heterocycles. The van der Waals surface area contributed by atoms with E-state index in [1.54, 1.807) is 18.2 Å². The molecule has 0 spiro atoms. The molecule has 144 valence electrons. The van der Waals surface area contributed by atoms with Gasteiger partial charge in [0.2, 0.25) is 5.91 Å². The van der Waals surface area contributed by atoms with Crippen molar-refractivity contribution in [2.24, 2.45) is 5.73 Å². The zero-order valence-electron chi connectivity index (χ0n) is 14.8. The minimum Gasteiger partial charge on any atom is -0.493 e. The summed E-state index contributed by atoms with van der Waals surface area (Å²) in [6.45, 7) is 0.262. The van der Waals surface area contributed by atoms with Crippen LogP contribution in [0, 0.1) is 0 Å². The highest BCUT2D eigenvalue weighted by molar-refractivity contribution is 5.89. The molecule has 3 rings (SSSR count). The topological polar surface area (TPSA) is 64.8 Å². The van der Waals surface area contributed by atoms with Gasteiger partial charge in [-0.2, -0.15) is 13.2 Å². The average molecular weight is 380 g/mol. The van der Waals surface area contributed by atoms with E-state index in [2.05, 4.69) is 0 Å². The van der Waals surface area contributed by atoms with Crippen LogP contribution in [0.1, 0.15) is 22.7 Å². The third-order valence-corrected chi connectivity index (χ3v) is 4.62. The molecule has 8 heteroatoms. The Balaban J connectivity index is 1.82. The second-order valence-corrected chi connectivity index (χ2v) is 6.25. The number of amides is 1. The molecule has 1 aliphatic rings. The summed E-state index contributed by atoms with van der Waals surface area (Å²) in [5.41, 5.74) is 6.53. The van der Waals surface area contributed by atoms with Crippen molar-refractivity contribution >= 4 is 5.91 Å². The minimum absolute atomic E-state index is 0.255. The Hall–Kier alpha value is -2.74. The van der Waals surface area contributed by atoms with Crippen molar-refractivity contribution in [3.63, 3.8) is 0 Å². The molecule has 0 aliphatic carbocycles. The fourth-order valence-corrected chi connectivity index (χ4v) is 3.18. The van der Waals surface area contributed by atoms with Crippen LogP contribution >= 0.6 is 0 Å². The fraction of sp³-hybridized carbons (Fsp3) is 0.316. The first-order valence-electron chi connectivity index (χ1n) is 8.20. The van der Waals surface area contributed by atoms with E-state index >= 15 is 0 Å². The second-order valence-electron chi connectivity index (χ2n) is 6.25. The molecule has 1 fully saturated rings. The highest BCUT2D eigenvalue weighted by Crippen LogP contribution is 2.38. The number of carbonyl (C=O) groups excluding carboxylic acids is 1. The van der Waals surface area contributed by atoms with E-state index in [9.17, 15) is 18.0 Å². The number of likely N-dealkylation sites (tertiary alicyclic amines) is 1. The van der Waals surface area contributed by atoms with Crippen LogP contribution in [0.25, 0.3) is 0 Å². The second kappa shape index (κ2) is 7.11. The number of alkyl halides is 3. The Morgan fingerprint density at radius 3 is 2.22 bits per heavy atom. The Kier molecular flexibility index (Phi) is 5.01. The first kappa shape index (κ1) is 19.0. The zero-order chi connectivity index (χ0) is 19.8. The van der Waals surface area contributed by atoms with Gasteiger partial charge in [0.05, 0.1) is 25.8 Å². The number of rotatable bonds is 5. The molecule has 1 saturated heterocycles. The first-order chi connectivity index (χ1) is 12.8. The number of carbonyl (C=O) groups is 1. The van der Waals surface area contributed by atoms with Gasteiger partial charge in [0.15, 0.2) is 11.5 Å². The van der Waals surface area contributed by atoms with Gasteiger partial charge in [-0.25, -0.2) is 0 Å². The molecule has 2 unspecified atom stereocenters. The average Bonchev–Trinajstić information content (AvgIpc) is 2.66. The van der Waals surface area contributed by atoms with Crippen LogP contribution < -0.4 is 15.2 Å². The Morgan fingerprint density at radius 2 is 1.67 bits per heavy atom. The maximum Gasteiger partial charge on any atom is 0.416 e. The van der Waals surface area contributed by atoms with E-state index < -0.39 is 23.8 Å². The molecule has 2 aromatic carbocycles. The molecule has 2 aromatic rings. The summed E-state index contributed by atoms with van der Waals surface area (Å²) in [5.74, 6) is 0.834. The SMILES string of the molecule is COc1ccc(CN2C(=O)C(N)C2c2ccc(C(F)(F)F)cc2)cc1OC. The summed E-state index contributed by atoms with van der Waals surface area (Å²) in [7, 11) is 3.04. The van der Waals surface area contributed by atoms with Crippen LogP contribution in [0.3, 0.4) is 0 Å². The van der Waals surface area contributed by atoms with Crippen LogP contribution in [0.2, 0.25) is 0 Å². The smallest absolute Gasteiger partial charge is 0.416 e. The molecule has 1 aliphatic heterocycles. The van der Waals surface area contributed by atoms with Gasteiger partial charge in [-0.3, -0.25) is 4.79 Å². The molecule has 5 nitrogen and oxygen atoms in total. The lowest BCUT2D eigenvalue weighted by Crippen LogP contribution is -2.62. The van der Waals surface area contributed by atoms with Crippen LogP contribution in [0.4, 0.5) is 13.2 Å². The van der Waals surface area contributed by atoms with Gasteiger partial charge in [0.25, 0.3) is 0 Å². The van der Waals surface area contributed by atoms with Crippen molar-refractivity contribution in [3.05, 3.63) is 59.2 Å². The van der Waals surface area contributed by atoms with Crippen molar-refractivity contribution in [2.45, 2.75) is 24.8 Å². The highest BCUT2D eigenvalue weighted by Gasteiger charge is 2.45. The molecule has 2 atom stereocenters. The Morgan fingerprint density at radius 1 is 1.04 bits per heavy atom. The normalized spacial score (nSPS) is 19.6. The predicted molar refractivity (Wildman–Crippen MR) is 92.3 cm³/mol. The molecule has 2 N–H and O–H groups in total.